The molecule has 33 heavy (non-hydrogen) atoms. The Morgan fingerprint density at radius 3 is 2.03 bits per heavy atom. The molecule has 0 aliphatic heterocycles. The Morgan fingerprint density at radius 1 is 0.939 bits per heavy atom. The van der Waals surface area contributed by atoms with Gasteiger partial charge in [0.05, 0.1) is 6.42 Å². The molecule has 2 aromatic rings. The van der Waals surface area contributed by atoms with Crippen LogP contribution in [0.25, 0.3) is 11.1 Å². The Hall–Kier alpha value is -3.35. The molecular formula is C26H32N2O5. The van der Waals surface area contributed by atoms with Gasteiger partial charge in [0, 0.05) is 24.4 Å². The van der Waals surface area contributed by atoms with Crippen molar-refractivity contribution in [1.82, 2.24) is 10.6 Å². The first-order valence-electron chi connectivity index (χ1n) is 11.4. The van der Waals surface area contributed by atoms with E-state index in [1.165, 1.54) is 0 Å². The van der Waals surface area contributed by atoms with Crippen LogP contribution in [-0.2, 0) is 14.3 Å². The summed E-state index contributed by atoms with van der Waals surface area (Å²) in [6.45, 7) is 5.80. The summed E-state index contributed by atoms with van der Waals surface area (Å²) in [6, 6.07) is 15.4. The van der Waals surface area contributed by atoms with E-state index < -0.39 is 24.1 Å². The van der Waals surface area contributed by atoms with E-state index in [1.54, 1.807) is 0 Å². The second kappa shape index (κ2) is 11.0. The van der Waals surface area contributed by atoms with Crippen molar-refractivity contribution >= 4 is 18.0 Å². The van der Waals surface area contributed by atoms with Crippen molar-refractivity contribution in [2.75, 3.05) is 6.61 Å². The first-order valence-corrected chi connectivity index (χ1v) is 11.4. The molecule has 0 saturated carbocycles. The number of hydrogen-bond acceptors (Lipinski definition) is 4. The van der Waals surface area contributed by atoms with Crippen molar-refractivity contribution in [1.29, 1.82) is 0 Å². The molecule has 1 aliphatic carbocycles. The molecule has 0 fully saturated rings. The highest BCUT2D eigenvalue weighted by atomic mass is 16.5. The second-order valence-electron chi connectivity index (χ2n) is 8.80. The van der Waals surface area contributed by atoms with Gasteiger partial charge in [-0.25, -0.2) is 4.79 Å². The van der Waals surface area contributed by atoms with E-state index in [-0.39, 0.29) is 37.2 Å². The van der Waals surface area contributed by atoms with Gasteiger partial charge in [0.2, 0.25) is 5.91 Å². The number of aliphatic carboxylic acids is 1. The Balaban J connectivity index is 1.55. The minimum absolute atomic E-state index is 0.0137. The molecule has 0 radical (unpaired) electrons. The highest BCUT2D eigenvalue weighted by Crippen LogP contribution is 2.44. The Labute approximate surface area is 194 Å². The molecular weight excluding hydrogens is 420 g/mol. The van der Waals surface area contributed by atoms with Gasteiger partial charge in [-0.15, -0.1) is 0 Å². The minimum Gasteiger partial charge on any atom is -0.481 e. The van der Waals surface area contributed by atoms with E-state index in [0.717, 1.165) is 22.3 Å². The zero-order valence-electron chi connectivity index (χ0n) is 19.3. The molecule has 2 atom stereocenters. The smallest absolute Gasteiger partial charge is 0.407 e. The van der Waals surface area contributed by atoms with Gasteiger partial charge in [0.15, 0.2) is 0 Å². The minimum atomic E-state index is -0.960. The number of ether oxygens (including phenoxy) is 1. The van der Waals surface area contributed by atoms with Crippen molar-refractivity contribution in [3.05, 3.63) is 59.7 Å². The third-order valence-electron chi connectivity index (χ3n) is 6.14. The van der Waals surface area contributed by atoms with Crippen molar-refractivity contribution in [3.63, 3.8) is 0 Å². The Kier molecular flexibility index (Phi) is 8.09. The van der Waals surface area contributed by atoms with E-state index in [1.807, 2.05) is 45.0 Å². The molecule has 7 heteroatoms. The number of carbonyl (C=O) groups excluding carboxylic acids is 2. The standard InChI is InChI=1S/C26H32N2O5/c1-4-17(13-24(29)28-23(16(2)3)14-25(30)31)27-26(32)33-15-22-20-11-7-5-9-18(20)19-10-6-8-12-21(19)22/h5-12,16-17,22-23H,4,13-15H2,1-3H3,(H,27,32)(H,28,29)(H,30,31)/t17?,23-/m1/s1. The molecule has 3 N–H and O–H groups in total. The van der Waals surface area contributed by atoms with Crippen LogP contribution in [0.3, 0.4) is 0 Å². The normalized spacial score (nSPS) is 14.2. The van der Waals surface area contributed by atoms with Crippen molar-refractivity contribution in [2.24, 2.45) is 5.92 Å². The molecule has 0 spiro atoms. The van der Waals surface area contributed by atoms with E-state index in [9.17, 15) is 14.4 Å². The van der Waals surface area contributed by atoms with Gasteiger partial charge in [-0.1, -0.05) is 69.3 Å². The van der Waals surface area contributed by atoms with E-state index in [2.05, 4.69) is 34.9 Å². The first-order chi connectivity index (χ1) is 15.8. The summed E-state index contributed by atoms with van der Waals surface area (Å²) in [7, 11) is 0. The molecule has 0 saturated heterocycles. The zero-order valence-corrected chi connectivity index (χ0v) is 19.3. The molecule has 1 aliphatic rings. The van der Waals surface area contributed by atoms with Gasteiger partial charge in [-0.05, 0) is 34.6 Å². The Bertz CT molecular complexity index is 958. The van der Waals surface area contributed by atoms with Crippen LogP contribution in [-0.4, -0.2) is 41.8 Å². The van der Waals surface area contributed by atoms with E-state index in [4.69, 9.17) is 9.84 Å². The van der Waals surface area contributed by atoms with Gasteiger partial charge in [-0.2, -0.15) is 0 Å². The predicted molar refractivity (Wildman–Crippen MR) is 126 cm³/mol. The third-order valence-corrected chi connectivity index (χ3v) is 6.14. The van der Waals surface area contributed by atoms with Gasteiger partial charge < -0.3 is 20.5 Å². The molecule has 0 bridgehead atoms. The van der Waals surface area contributed by atoms with Crippen molar-refractivity contribution in [2.45, 2.75) is 58.0 Å². The molecule has 0 aromatic heterocycles. The third kappa shape index (κ3) is 6.12. The summed E-state index contributed by atoms with van der Waals surface area (Å²) in [5.41, 5.74) is 4.59. The maximum atomic E-state index is 12.5. The fraction of sp³-hybridized carbons (Fsp3) is 0.423. The van der Waals surface area contributed by atoms with Crippen molar-refractivity contribution in [3.8, 4) is 11.1 Å². The summed E-state index contributed by atoms with van der Waals surface area (Å²) < 4.78 is 5.57. The lowest BCUT2D eigenvalue weighted by Crippen LogP contribution is -2.44. The number of benzene rings is 2. The first kappa shape index (κ1) is 24.3. The molecule has 2 aromatic carbocycles. The highest BCUT2D eigenvalue weighted by molar-refractivity contribution is 5.80. The van der Waals surface area contributed by atoms with Gasteiger partial charge in [0.25, 0.3) is 0 Å². The number of nitrogens with one attached hydrogen (secondary N) is 2. The summed E-state index contributed by atoms with van der Waals surface area (Å²) in [5.74, 6) is -1.30. The summed E-state index contributed by atoms with van der Waals surface area (Å²) >= 11 is 0. The maximum Gasteiger partial charge on any atom is 0.407 e. The number of rotatable bonds is 10. The van der Waals surface area contributed by atoms with Crippen LogP contribution in [0.4, 0.5) is 4.79 Å². The SMILES string of the molecule is CCC(CC(=O)N[C@H](CC(=O)O)C(C)C)NC(=O)OCC1c2ccccc2-c2ccccc21. The summed E-state index contributed by atoms with van der Waals surface area (Å²) in [5, 5.41) is 14.6. The fourth-order valence-corrected chi connectivity index (χ4v) is 4.24. The topological polar surface area (TPSA) is 105 Å². The summed E-state index contributed by atoms with van der Waals surface area (Å²) in [4.78, 5) is 36.0. The molecule has 3 rings (SSSR count). The van der Waals surface area contributed by atoms with Gasteiger partial charge in [0.1, 0.15) is 6.61 Å². The monoisotopic (exact) mass is 452 g/mol. The summed E-state index contributed by atoms with van der Waals surface area (Å²) in [6.07, 6.45) is -0.102. The molecule has 0 heterocycles. The molecule has 1 unspecified atom stereocenters. The number of carbonyl (C=O) groups is 3. The van der Waals surface area contributed by atoms with Crippen LogP contribution in [0.5, 0.6) is 0 Å². The predicted octanol–water partition coefficient (Wildman–Crippen LogP) is 4.31. The highest BCUT2D eigenvalue weighted by Gasteiger charge is 2.29. The maximum absolute atomic E-state index is 12.5. The lowest BCUT2D eigenvalue weighted by atomic mass is 9.98. The zero-order chi connectivity index (χ0) is 24.0. The van der Waals surface area contributed by atoms with Gasteiger partial charge in [-0.3, -0.25) is 9.59 Å². The average molecular weight is 453 g/mol. The number of carboxylic acid groups (broad SMARTS) is 1. The van der Waals surface area contributed by atoms with Crippen LogP contribution in [0.1, 0.15) is 57.1 Å². The van der Waals surface area contributed by atoms with Crippen LogP contribution in [0.15, 0.2) is 48.5 Å². The molecule has 176 valence electrons. The Morgan fingerprint density at radius 2 is 1.52 bits per heavy atom. The largest absolute Gasteiger partial charge is 0.481 e. The van der Waals surface area contributed by atoms with Gasteiger partial charge >= 0.3 is 12.1 Å². The van der Waals surface area contributed by atoms with Crippen LogP contribution in [0.2, 0.25) is 0 Å². The molecule has 2 amide bonds. The second-order valence-corrected chi connectivity index (χ2v) is 8.80. The lowest BCUT2D eigenvalue weighted by molar-refractivity contribution is -0.138. The molecule has 7 nitrogen and oxygen atoms in total. The quantitative estimate of drug-likeness (QED) is 0.498. The number of hydrogen-bond donors (Lipinski definition) is 3. The average Bonchev–Trinajstić information content (AvgIpc) is 3.10. The number of fused-ring (bicyclic) bond motifs is 3. The lowest BCUT2D eigenvalue weighted by Gasteiger charge is -2.23. The van der Waals surface area contributed by atoms with Crippen molar-refractivity contribution < 1.29 is 24.2 Å². The van der Waals surface area contributed by atoms with Crippen LogP contribution < -0.4 is 10.6 Å². The van der Waals surface area contributed by atoms with E-state index >= 15 is 0 Å². The van der Waals surface area contributed by atoms with Crippen LogP contribution in [0, 0.1) is 5.92 Å². The number of amides is 2. The number of carboxylic acids is 1. The number of alkyl carbamates (subject to hydrolysis) is 1. The van der Waals surface area contributed by atoms with E-state index in [0.29, 0.717) is 6.42 Å². The van der Waals surface area contributed by atoms with Crippen LogP contribution >= 0.6 is 0 Å². The fourth-order valence-electron chi connectivity index (χ4n) is 4.24.